The van der Waals surface area contributed by atoms with Crippen molar-refractivity contribution in [3.05, 3.63) is 82.4 Å². The summed E-state index contributed by atoms with van der Waals surface area (Å²) >= 11 is 0. The molecule has 3 aromatic carbocycles. The van der Waals surface area contributed by atoms with Crippen LogP contribution in [0.3, 0.4) is 0 Å². The number of sulfonamides is 1. The minimum absolute atomic E-state index is 0.0537. The molecule has 0 saturated heterocycles. The molecule has 4 aromatic rings. The number of nitrogens with zero attached hydrogens (tertiary/aromatic N) is 4. The van der Waals surface area contributed by atoms with E-state index in [1.54, 1.807) is 42.8 Å². The van der Waals surface area contributed by atoms with Gasteiger partial charge in [0.2, 0.25) is 21.8 Å². The molecular formula is C36H44N6O7S. The van der Waals surface area contributed by atoms with Gasteiger partial charge in [-0.1, -0.05) is 62.4 Å². The van der Waals surface area contributed by atoms with Crippen LogP contribution < -0.4 is 15.8 Å². The van der Waals surface area contributed by atoms with Crippen molar-refractivity contribution in [3.63, 3.8) is 0 Å². The lowest BCUT2D eigenvalue weighted by molar-refractivity contribution is -0.145. The molecule has 0 bridgehead atoms. The minimum Gasteiger partial charge on any atom is -0.488 e. The van der Waals surface area contributed by atoms with Crippen molar-refractivity contribution in [1.82, 2.24) is 24.6 Å². The Hall–Kier alpha value is -4.82. The SMILES string of the molecule is CC[C@@H]1CN(Cc2cc([C@@H](c3ccc4c(nnn4CC)c3C)C(C)(C)C(=O)N[C@@H](CC(N)=O)C(=O)O)ccc2C)S(=O)(=O)c2ccccc2O1. The van der Waals surface area contributed by atoms with Crippen molar-refractivity contribution in [2.75, 3.05) is 6.54 Å². The van der Waals surface area contributed by atoms with Crippen molar-refractivity contribution >= 4 is 38.8 Å². The zero-order valence-electron chi connectivity index (χ0n) is 29.1. The maximum atomic E-state index is 14.1. The van der Waals surface area contributed by atoms with Crippen LogP contribution in [0.5, 0.6) is 5.75 Å². The summed E-state index contributed by atoms with van der Waals surface area (Å²) in [5.74, 6) is -3.20. The molecule has 50 heavy (non-hydrogen) atoms. The maximum Gasteiger partial charge on any atom is 0.326 e. The lowest BCUT2D eigenvalue weighted by Crippen LogP contribution is -2.50. The lowest BCUT2D eigenvalue weighted by Gasteiger charge is -2.36. The number of carboxylic acids is 1. The Morgan fingerprint density at radius 3 is 2.48 bits per heavy atom. The third-order valence-corrected chi connectivity index (χ3v) is 11.4. The van der Waals surface area contributed by atoms with Crippen molar-refractivity contribution in [3.8, 4) is 5.75 Å². The Bertz CT molecular complexity index is 2060. The number of rotatable bonds is 12. The van der Waals surface area contributed by atoms with E-state index in [0.29, 0.717) is 29.8 Å². The van der Waals surface area contributed by atoms with Crippen molar-refractivity contribution in [2.24, 2.45) is 11.1 Å². The molecule has 13 nitrogen and oxygen atoms in total. The van der Waals surface area contributed by atoms with Crippen LogP contribution >= 0.6 is 0 Å². The fourth-order valence-corrected chi connectivity index (χ4v) is 8.20. The van der Waals surface area contributed by atoms with Gasteiger partial charge in [0, 0.05) is 19.0 Å². The second-order valence-corrected chi connectivity index (χ2v) is 15.2. The van der Waals surface area contributed by atoms with Gasteiger partial charge in [0.25, 0.3) is 0 Å². The fourth-order valence-electron chi connectivity index (χ4n) is 6.63. The molecular weight excluding hydrogens is 660 g/mol. The van der Waals surface area contributed by atoms with Gasteiger partial charge in [-0.05, 0) is 73.2 Å². The first kappa shape index (κ1) is 36.5. The topological polar surface area (TPSA) is 187 Å². The number of nitrogens with two attached hydrogens (primary N) is 1. The van der Waals surface area contributed by atoms with E-state index in [1.165, 1.54) is 4.31 Å². The summed E-state index contributed by atoms with van der Waals surface area (Å²) < 4.78 is 37.4. The first-order valence-corrected chi connectivity index (χ1v) is 18.0. The summed E-state index contributed by atoms with van der Waals surface area (Å²) in [7, 11) is -3.93. The first-order chi connectivity index (χ1) is 23.6. The van der Waals surface area contributed by atoms with Gasteiger partial charge in [-0.25, -0.2) is 17.9 Å². The highest BCUT2D eigenvalue weighted by Crippen LogP contribution is 2.44. The van der Waals surface area contributed by atoms with Crippen LogP contribution in [-0.2, 0) is 37.5 Å². The zero-order chi connectivity index (χ0) is 36.5. The number of benzene rings is 3. The highest BCUT2D eigenvalue weighted by Gasteiger charge is 2.42. The number of hydrogen-bond donors (Lipinski definition) is 3. The second-order valence-electron chi connectivity index (χ2n) is 13.3. The van der Waals surface area contributed by atoms with Gasteiger partial charge in [-0.3, -0.25) is 9.59 Å². The molecule has 5 rings (SSSR count). The van der Waals surface area contributed by atoms with Gasteiger partial charge >= 0.3 is 5.97 Å². The third-order valence-electron chi connectivity index (χ3n) is 9.58. The maximum absolute atomic E-state index is 14.1. The van der Waals surface area contributed by atoms with Crippen LogP contribution in [-0.4, -0.2) is 69.3 Å². The quantitative estimate of drug-likeness (QED) is 0.196. The molecule has 4 N–H and O–H groups in total. The van der Waals surface area contributed by atoms with Crippen LogP contribution in [0.4, 0.5) is 0 Å². The van der Waals surface area contributed by atoms with Crippen molar-refractivity contribution in [2.45, 2.75) is 90.4 Å². The van der Waals surface area contributed by atoms with Gasteiger partial charge in [0.1, 0.15) is 28.3 Å². The Morgan fingerprint density at radius 2 is 1.82 bits per heavy atom. The predicted octanol–water partition coefficient (Wildman–Crippen LogP) is 4.03. The van der Waals surface area contributed by atoms with Gasteiger partial charge in [0.15, 0.2) is 0 Å². The molecule has 266 valence electrons. The Kier molecular flexibility index (Phi) is 10.4. The molecule has 2 amide bonds. The van der Waals surface area contributed by atoms with E-state index in [1.807, 2.05) is 58.0 Å². The largest absolute Gasteiger partial charge is 0.488 e. The number of primary amides is 1. The monoisotopic (exact) mass is 704 g/mol. The number of nitrogens with one attached hydrogen (secondary N) is 1. The van der Waals surface area contributed by atoms with Crippen molar-refractivity contribution in [1.29, 1.82) is 0 Å². The molecule has 1 aromatic heterocycles. The van der Waals surface area contributed by atoms with Gasteiger partial charge < -0.3 is 20.9 Å². The van der Waals surface area contributed by atoms with Gasteiger partial charge in [-0.15, -0.1) is 5.10 Å². The number of amides is 2. The molecule has 0 aliphatic carbocycles. The summed E-state index contributed by atoms with van der Waals surface area (Å²) in [6.45, 7) is 11.9. The van der Waals surface area contributed by atoms with E-state index in [2.05, 4.69) is 15.6 Å². The second kappa shape index (κ2) is 14.2. The number of aliphatic carboxylic acids is 1. The van der Waals surface area contributed by atoms with E-state index in [-0.39, 0.29) is 24.1 Å². The summed E-state index contributed by atoms with van der Waals surface area (Å²) in [5, 5.41) is 21.0. The summed E-state index contributed by atoms with van der Waals surface area (Å²) in [4.78, 5) is 37.9. The van der Waals surface area contributed by atoms with E-state index < -0.39 is 51.6 Å². The van der Waals surface area contributed by atoms with E-state index in [4.69, 9.17) is 10.5 Å². The molecule has 0 fully saturated rings. The summed E-state index contributed by atoms with van der Waals surface area (Å²) in [6, 6.07) is 14.6. The lowest BCUT2D eigenvalue weighted by atomic mass is 9.69. The average Bonchev–Trinajstić information content (AvgIpc) is 3.45. The van der Waals surface area contributed by atoms with Crippen molar-refractivity contribution < 1.29 is 32.6 Å². The van der Waals surface area contributed by atoms with Crippen LogP contribution in [0.1, 0.15) is 74.3 Å². The molecule has 0 radical (unpaired) electrons. The number of carboxylic acid groups (broad SMARTS) is 1. The number of aryl methyl sites for hydroxylation is 3. The molecule has 2 heterocycles. The number of para-hydroxylation sites is 1. The average molecular weight is 705 g/mol. The smallest absolute Gasteiger partial charge is 0.326 e. The van der Waals surface area contributed by atoms with E-state index in [9.17, 15) is 27.9 Å². The molecule has 3 atom stereocenters. The fraction of sp³-hybridized carbons (Fsp3) is 0.417. The van der Waals surface area contributed by atoms with E-state index in [0.717, 1.165) is 27.8 Å². The summed E-state index contributed by atoms with van der Waals surface area (Å²) in [6.07, 6.45) is -0.333. The number of carbonyl (C=O) groups is 3. The Labute approximate surface area is 291 Å². The molecule has 1 aliphatic heterocycles. The number of hydrogen-bond acceptors (Lipinski definition) is 8. The predicted molar refractivity (Wildman–Crippen MR) is 187 cm³/mol. The standard InChI is InChI=1S/C36H44N6O7S/c1-7-25-20-41(50(47,48)30-12-10-9-11-29(30)49-25)19-24-17-23(14-13-21(24)3)32(26-15-16-28-33(22(26)4)39-40-42(28)8-2)36(5,6)35(46)38-27(34(44)45)18-31(37)43/h9-17,25,27,32H,7-8,18-20H2,1-6H3,(H2,37,43)(H,38,46)(H,44,45)/t25-,27+,32+/m1/s1. The normalized spacial score (nSPS) is 17.3. The number of carbonyl (C=O) groups excluding carboxylic acids is 2. The number of fused-ring (bicyclic) bond motifs is 2. The third kappa shape index (κ3) is 6.94. The molecule has 0 saturated carbocycles. The molecule has 14 heteroatoms. The Balaban J connectivity index is 1.63. The highest BCUT2D eigenvalue weighted by atomic mass is 32.2. The van der Waals surface area contributed by atoms with Gasteiger partial charge in [-0.2, -0.15) is 4.31 Å². The number of ether oxygens (including phenoxy) is 1. The van der Waals surface area contributed by atoms with E-state index >= 15 is 0 Å². The molecule has 1 aliphatic rings. The highest BCUT2D eigenvalue weighted by molar-refractivity contribution is 7.89. The van der Waals surface area contributed by atoms with Crippen LogP contribution in [0.2, 0.25) is 0 Å². The molecule has 0 unspecified atom stereocenters. The van der Waals surface area contributed by atoms with Gasteiger partial charge in [0.05, 0.1) is 23.9 Å². The summed E-state index contributed by atoms with van der Waals surface area (Å²) in [5.41, 5.74) is 9.32. The van der Waals surface area contributed by atoms with Crippen LogP contribution in [0.25, 0.3) is 11.0 Å². The Morgan fingerprint density at radius 1 is 1.10 bits per heavy atom. The first-order valence-electron chi connectivity index (χ1n) is 16.6. The zero-order valence-corrected chi connectivity index (χ0v) is 30.0. The number of aromatic nitrogens is 3. The molecule has 0 spiro atoms. The van der Waals surface area contributed by atoms with Crippen LogP contribution in [0, 0.1) is 19.3 Å². The minimum atomic E-state index is -3.93. The van der Waals surface area contributed by atoms with Crippen LogP contribution in [0.15, 0.2) is 59.5 Å².